The first kappa shape index (κ1) is 15.0. The third kappa shape index (κ3) is 2.61. The lowest BCUT2D eigenvalue weighted by molar-refractivity contribution is 0.0458. The maximum atomic E-state index is 4.70. The van der Waals surface area contributed by atoms with Gasteiger partial charge >= 0.3 is 0 Å². The Morgan fingerprint density at radius 3 is 2.76 bits per heavy atom. The summed E-state index contributed by atoms with van der Waals surface area (Å²) in [5, 5.41) is 4.99. The van der Waals surface area contributed by atoms with E-state index < -0.39 is 0 Å². The van der Waals surface area contributed by atoms with E-state index in [9.17, 15) is 0 Å². The van der Waals surface area contributed by atoms with Crippen molar-refractivity contribution in [3.63, 3.8) is 0 Å². The van der Waals surface area contributed by atoms with Crippen molar-refractivity contribution in [3.8, 4) is 11.3 Å². The third-order valence-electron chi connectivity index (χ3n) is 6.13. The Morgan fingerprint density at radius 2 is 2.00 bits per heavy atom. The normalized spacial score (nSPS) is 28.4. The van der Waals surface area contributed by atoms with Crippen LogP contribution < -0.4 is 5.32 Å². The molecule has 0 spiro atoms. The van der Waals surface area contributed by atoms with Crippen LogP contribution in [0.1, 0.15) is 19.8 Å². The van der Waals surface area contributed by atoms with E-state index >= 15 is 0 Å². The number of rotatable bonds is 3. The Labute approximate surface area is 148 Å². The number of nitrogens with one attached hydrogen (secondary N) is 2. The first-order chi connectivity index (χ1) is 12.3. The zero-order chi connectivity index (χ0) is 16.8. The number of aromatic amines is 1. The maximum absolute atomic E-state index is 4.70. The van der Waals surface area contributed by atoms with Crippen LogP contribution in [-0.4, -0.2) is 40.0 Å². The number of anilines is 1. The highest BCUT2D eigenvalue weighted by molar-refractivity contribution is 5.84. The maximum Gasteiger partial charge on any atom is 0.0704 e. The van der Waals surface area contributed by atoms with Gasteiger partial charge in [-0.05, 0) is 68.4 Å². The molecule has 4 heteroatoms. The summed E-state index contributed by atoms with van der Waals surface area (Å²) in [5.74, 6) is 0.801. The second-order valence-electron chi connectivity index (χ2n) is 7.50. The molecule has 3 saturated heterocycles. The average Bonchev–Trinajstić information content (AvgIpc) is 3.13. The van der Waals surface area contributed by atoms with Crippen LogP contribution in [0.4, 0.5) is 5.69 Å². The summed E-state index contributed by atoms with van der Waals surface area (Å²) in [6, 6.07) is 14.0. The number of H-pyrrole nitrogens is 1. The van der Waals surface area contributed by atoms with Gasteiger partial charge in [0.25, 0.3) is 0 Å². The van der Waals surface area contributed by atoms with Crippen LogP contribution in [0.5, 0.6) is 0 Å². The summed E-state index contributed by atoms with van der Waals surface area (Å²) in [6.45, 7) is 4.89. The van der Waals surface area contributed by atoms with E-state index in [1.807, 2.05) is 12.4 Å². The molecule has 2 aromatic heterocycles. The van der Waals surface area contributed by atoms with Crippen molar-refractivity contribution in [3.05, 3.63) is 48.8 Å². The number of hydrogen-bond acceptors (Lipinski definition) is 3. The molecular weight excluding hydrogens is 308 g/mol. The molecule has 2 N–H and O–H groups in total. The second kappa shape index (κ2) is 5.88. The minimum absolute atomic E-state index is 0.547. The lowest BCUT2D eigenvalue weighted by atomic mass is 9.79. The molecule has 0 saturated carbocycles. The number of hydrogen-bond donors (Lipinski definition) is 2. The van der Waals surface area contributed by atoms with E-state index in [0.29, 0.717) is 12.1 Å². The van der Waals surface area contributed by atoms with E-state index in [1.54, 1.807) is 0 Å². The van der Waals surface area contributed by atoms with E-state index in [4.69, 9.17) is 4.98 Å². The summed E-state index contributed by atoms with van der Waals surface area (Å²) in [6.07, 6.45) is 6.61. The molecule has 0 radical (unpaired) electrons. The van der Waals surface area contributed by atoms with Gasteiger partial charge in [-0.25, -0.2) is 0 Å². The fourth-order valence-electron chi connectivity index (χ4n) is 4.59. The van der Waals surface area contributed by atoms with Gasteiger partial charge in [-0.2, -0.15) is 0 Å². The molecule has 0 amide bonds. The van der Waals surface area contributed by atoms with Gasteiger partial charge in [0.15, 0.2) is 0 Å². The molecule has 3 fully saturated rings. The van der Waals surface area contributed by atoms with Gasteiger partial charge in [0.05, 0.1) is 17.6 Å². The van der Waals surface area contributed by atoms with Crippen molar-refractivity contribution in [1.29, 1.82) is 0 Å². The van der Waals surface area contributed by atoms with Gasteiger partial charge < -0.3 is 10.3 Å². The van der Waals surface area contributed by atoms with Crippen LogP contribution >= 0.6 is 0 Å². The molecule has 25 heavy (non-hydrogen) atoms. The lowest BCUT2D eigenvalue weighted by Gasteiger charge is -2.50. The molecule has 1 aromatic carbocycles. The molecule has 128 valence electrons. The first-order valence-electron chi connectivity index (χ1n) is 9.32. The molecule has 0 aliphatic carbocycles. The van der Waals surface area contributed by atoms with E-state index in [1.165, 1.54) is 31.3 Å². The Balaban J connectivity index is 1.36. The predicted molar refractivity (Wildman–Crippen MR) is 103 cm³/mol. The smallest absolute Gasteiger partial charge is 0.0704 e. The van der Waals surface area contributed by atoms with Crippen LogP contribution in [-0.2, 0) is 0 Å². The molecule has 2 atom stereocenters. The molecule has 2 bridgehead atoms. The van der Waals surface area contributed by atoms with Crippen molar-refractivity contribution < 1.29 is 0 Å². The number of fused-ring (bicyclic) bond motifs is 4. The van der Waals surface area contributed by atoms with E-state index in [2.05, 4.69) is 58.5 Å². The summed E-state index contributed by atoms with van der Waals surface area (Å²) >= 11 is 0. The number of benzene rings is 1. The minimum atomic E-state index is 0.547. The standard InChI is InChI=1S/C21H24N4/c1-14-21(16-7-10-25(14)11-8-16)24-18-4-5-19(23-13-18)17-3-2-15-6-9-22-20(15)12-17/h2-6,9,12-14,16,21-22,24H,7-8,10-11H2,1H3/t14-,21+/m1/s1. The monoisotopic (exact) mass is 332 g/mol. The second-order valence-corrected chi connectivity index (χ2v) is 7.50. The number of aromatic nitrogens is 2. The number of pyridine rings is 1. The summed E-state index contributed by atoms with van der Waals surface area (Å²) in [7, 11) is 0. The van der Waals surface area contributed by atoms with Crippen molar-refractivity contribution in [2.24, 2.45) is 5.92 Å². The fourth-order valence-corrected chi connectivity index (χ4v) is 4.59. The molecule has 3 aliphatic rings. The molecule has 4 nitrogen and oxygen atoms in total. The first-order valence-corrected chi connectivity index (χ1v) is 9.32. The quantitative estimate of drug-likeness (QED) is 0.758. The number of piperidine rings is 3. The Hall–Kier alpha value is -2.33. The van der Waals surface area contributed by atoms with Crippen LogP contribution in [0, 0.1) is 5.92 Å². The van der Waals surface area contributed by atoms with Crippen molar-refractivity contribution in [2.75, 3.05) is 18.4 Å². The SMILES string of the molecule is C[C@@H]1[C@H](Nc2ccc(-c3ccc4cc[nH]c4c3)nc2)C2CCN1CC2. The molecular formula is C21H24N4. The van der Waals surface area contributed by atoms with E-state index in [-0.39, 0.29) is 0 Å². The molecule has 5 heterocycles. The van der Waals surface area contributed by atoms with Crippen molar-refractivity contribution in [2.45, 2.75) is 31.8 Å². The van der Waals surface area contributed by atoms with Crippen LogP contribution in [0.15, 0.2) is 48.8 Å². The van der Waals surface area contributed by atoms with Gasteiger partial charge in [-0.15, -0.1) is 0 Å². The highest BCUT2D eigenvalue weighted by Gasteiger charge is 2.39. The van der Waals surface area contributed by atoms with Crippen molar-refractivity contribution in [1.82, 2.24) is 14.9 Å². The Bertz CT molecular complexity index is 872. The third-order valence-corrected chi connectivity index (χ3v) is 6.13. The van der Waals surface area contributed by atoms with Gasteiger partial charge in [0, 0.05) is 29.4 Å². The summed E-state index contributed by atoms with van der Waals surface area (Å²) in [4.78, 5) is 10.6. The minimum Gasteiger partial charge on any atom is -0.379 e. The van der Waals surface area contributed by atoms with Crippen LogP contribution in [0.3, 0.4) is 0 Å². The van der Waals surface area contributed by atoms with Gasteiger partial charge in [0.2, 0.25) is 0 Å². The van der Waals surface area contributed by atoms with Gasteiger partial charge in [-0.3, -0.25) is 9.88 Å². The summed E-state index contributed by atoms with van der Waals surface area (Å²) in [5.41, 5.74) is 4.46. The van der Waals surface area contributed by atoms with Crippen LogP contribution in [0.2, 0.25) is 0 Å². The highest BCUT2D eigenvalue weighted by atomic mass is 15.2. The van der Waals surface area contributed by atoms with Gasteiger partial charge in [0.1, 0.15) is 0 Å². The molecule has 6 rings (SSSR count). The largest absolute Gasteiger partial charge is 0.379 e. The average molecular weight is 332 g/mol. The van der Waals surface area contributed by atoms with Crippen LogP contribution in [0.25, 0.3) is 22.2 Å². The summed E-state index contributed by atoms with van der Waals surface area (Å²) < 4.78 is 0. The molecule has 3 aromatic rings. The van der Waals surface area contributed by atoms with Gasteiger partial charge in [-0.1, -0.05) is 12.1 Å². The zero-order valence-electron chi connectivity index (χ0n) is 14.6. The molecule has 0 unspecified atom stereocenters. The zero-order valence-corrected chi connectivity index (χ0v) is 14.6. The Morgan fingerprint density at radius 1 is 1.12 bits per heavy atom. The topological polar surface area (TPSA) is 44.0 Å². The number of nitrogens with zero attached hydrogens (tertiary/aromatic N) is 2. The van der Waals surface area contributed by atoms with Crippen molar-refractivity contribution >= 4 is 16.6 Å². The highest BCUT2D eigenvalue weighted by Crippen LogP contribution is 2.34. The fraction of sp³-hybridized carbons (Fsp3) is 0.381. The Kier molecular flexibility index (Phi) is 3.52. The molecule has 3 aliphatic heterocycles. The predicted octanol–water partition coefficient (Wildman–Crippen LogP) is 4.12. The van der Waals surface area contributed by atoms with E-state index in [0.717, 1.165) is 28.4 Å². The lowest BCUT2D eigenvalue weighted by Crippen LogP contribution is -2.59.